The van der Waals surface area contributed by atoms with Crippen LogP contribution in [0.4, 0.5) is 0 Å². The van der Waals surface area contributed by atoms with Gasteiger partial charge in [-0.2, -0.15) is 0 Å². The number of ether oxygens (including phenoxy) is 1. The van der Waals surface area contributed by atoms with E-state index in [-0.39, 0.29) is 0 Å². The van der Waals surface area contributed by atoms with Gasteiger partial charge in [0.05, 0.1) is 6.61 Å². The van der Waals surface area contributed by atoms with Crippen molar-refractivity contribution in [2.75, 3.05) is 6.61 Å². The lowest BCUT2D eigenvalue weighted by Gasteiger charge is -2.06. The van der Waals surface area contributed by atoms with Gasteiger partial charge < -0.3 is 4.74 Å². The van der Waals surface area contributed by atoms with E-state index < -0.39 is 0 Å². The molecule has 1 aromatic rings. The maximum absolute atomic E-state index is 5.42. The molecular formula is C10H10O. The first-order valence-electron chi connectivity index (χ1n) is 3.85. The first-order valence-corrected chi connectivity index (χ1v) is 3.85. The molecule has 0 saturated carbocycles. The van der Waals surface area contributed by atoms with Crippen LogP contribution in [-0.4, -0.2) is 6.61 Å². The van der Waals surface area contributed by atoms with Gasteiger partial charge in [-0.05, 0) is 18.2 Å². The molecule has 1 aliphatic carbocycles. The van der Waals surface area contributed by atoms with E-state index in [2.05, 4.69) is 18.2 Å². The standard InChI is InChI=1S/C10H10O/c1-2-11-10-5-3-4-8-6-7-9(8)10/h3-7H,2H2,1H3. The van der Waals surface area contributed by atoms with Crippen LogP contribution in [0.2, 0.25) is 0 Å². The summed E-state index contributed by atoms with van der Waals surface area (Å²) in [5.41, 5.74) is 0. The molecule has 0 unspecified atom stereocenters. The minimum atomic E-state index is 0.740. The van der Waals surface area contributed by atoms with Gasteiger partial charge in [-0.3, -0.25) is 0 Å². The molecule has 0 atom stereocenters. The summed E-state index contributed by atoms with van der Waals surface area (Å²) >= 11 is 0. The van der Waals surface area contributed by atoms with Crippen molar-refractivity contribution in [2.24, 2.45) is 0 Å². The molecule has 1 aromatic carbocycles. The molecule has 1 heteroatoms. The van der Waals surface area contributed by atoms with Crippen LogP contribution in [0.5, 0.6) is 5.75 Å². The smallest absolute Gasteiger partial charge is 0.127 e. The summed E-state index contributed by atoms with van der Waals surface area (Å²) in [6.07, 6.45) is 4.18. The summed E-state index contributed by atoms with van der Waals surface area (Å²) < 4.78 is 5.42. The molecule has 0 aliphatic heterocycles. The Morgan fingerprint density at radius 2 is 2.18 bits per heavy atom. The average molecular weight is 146 g/mol. The van der Waals surface area contributed by atoms with Gasteiger partial charge in [-0.1, -0.05) is 24.3 Å². The summed E-state index contributed by atoms with van der Waals surface area (Å²) in [6.45, 7) is 2.74. The molecule has 0 amide bonds. The molecule has 0 fully saturated rings. The van der Waals surface area contributed by atoms with Gasteiger partial charge in [0.15, 0.2) is 0 Å². The highest BCUT2D eigenvalue weighted by atomic mass is 16.5. The van der Waals surface area contributed by atoms with Crippen molar-refractivity contribution in [1.82, 2.24) is 0 Å². The number of hydrogen-bond acceptors (Lipinski definition) is 1. The second-order valence-corrected chi connectivity index (χ2v) is 2.53. The molecule has 0 heterocycles. The monoisotopic (exact) mass is 146 g/mol. The Kier molecular flexibility index (Phi) is 1.42. The minimum absolute atomic E-state index is 0.740. The zero-order valence-corrected chi connectivity index (χ0v) is 6.50. The van der Waals surface area contributed by atoms with Crippen LogP contribution in [0.25, 0.3) is 12.2 Å². The third-order valence-corrected chi connectivity index (χ3v) is 1.83. The normalized spacial score (nSPS) is 12.1. The third kappa shape index (κ3) is 0.929. The Bertz CT molecular complexity index is 376. The highest BCUT2D eigenvalue weighted by Gasteiger charge is 1.99. The van der Waals surface area contributed by atoms with Gasteiger partial charge in [-0.25, -0.2) is 0 Å². The number of fused-ring (bicyclic) bond motifs is 1. The van der Waals surface area contributed by atoms with E-state index in [4.69, 9.17) is 4.74 Å². The largest absolute Gasteiger partial charge is 0.493 e. The topological polar surface area (TPSA) is 9.23 Å². The molecular weight excluding hydrogens is 136 g/mol. The van der Waals surface area contributed by atoms with Crippen molar-refractivity contribution >= 4 is 12.2 Å². The molecule has 1 nitrogen and oxygen atoms in total. The van der Waals surface area contributed by atoms with E-state index in [1.54, 1.807) is 0 Å². The van der Waals surface area contributed by atoms with Gasteiger partial charge >= 0.3 is 0 Å². The van der Waals surface area contributed by atoms with E-state index in [1.165, 1.54) is 10.4 Å². The second kappa shape index (κ2) is 2.42. The lowest BCUT2D eigenvalue weighted by Crippen LogP contribution is -2.31. The minimum Gasteiger partial charge on any atom is -0.493 e. The van der Waals surface area contributed by atoms with Crippen molar-refractivity contribution in [1.29, 1.82) is 0 Å². The van der Waals surface area contributed by atoms with E-state index in [1.807, 2.05) is 19.1 Å². The molecule has 1 aliphatic rings. The Morgan fingerprint density at radius 3 is 2.82 bits per heavy atom. The summed E-state index contributed by atoms with van der Waals surface area (Å²) in [5.74, 6) is 1.01. The van der Waals surface area contributed by atoms with Gasteiger partial charge in [-0.15, -0.1) is 0 Å². The summed E-state index contributed by atoms with van der Waals surface area (Å²) in [7, 11) is 0. The highest BCUT2D eigenvalue weighted by Crippen LogP contribution is 2.01. The average Bonchev–Trinajstić information content (AvgIpc) is 1.94. The summed E-state index contributed by atoms with van der Waals surface area (Å²) in [6, 6.07) is 6.12. The van der Waals surface area contributed by atoms with Crippen LogP contribution < -0.4 is 15.2 Å². The van der Waals surface area contributed by atoms with E-state index in [9.17, 15) is 0 Å². The predicted molar refractivity (Wildman–Crippen MR) is 45.8 cm³/mol. The van der Waals surface area contributed by atoms with Crippen LogP contribution in [0.1, 0.15) is 6.92 Å². The quantitative estimate of drug-likeness (QED) is 0.595. The summed E-state index contributed by atoms with van der Waals surface area (Å²) in [4.78, 5) is 0. The van der Waals surface area contributed by atoms with Crippen LogP contribution in [0, 0.1) is 0 Å². The molecule has 0 bridgehead atoms. The van der Waals surface area contributed by atoms with Crippen molar-refractivity contribution in [3.05, 3.63) is 28.6 Å². The first kappa shape index (κ1) is 6.47. The Labute approximate surface area is 65.6 Å². The molecule has 56 valence electrons. The Morgan fingerprint density at radius 1 is 1.27 bits per heavy atom. The van der Waals surface area contributed by atoms with Crippen LogP contribution >= 0.6 is 0 Å². The molecule has 11 heavy (non-hydrogen) atoms. The molecule has 0 N–H and O–H groups in total. The van der Waals surface area contributed by atoms with Crippen molar-refractivity contribution in [3.8, 4) is 5.75 Å². The number of hydrogen-bond donors (Lipinski definition) is 0. The molecule has 0 saturated heterocycles. The Balaban J connectivity index is 2.51. The molecule has 0 spiro atoms. The Hall–Kier alpha value is -1.24. The molecule has 0 radical (unpaired) electrons. The zero-order valence-electron chi connectivity index (χ0n) is 6.50. The first-order chi connectivity index (χ1) is 5.42. The SMILES string of the molecule is CCOc1cccc2c1=CC=2. The van der Waals surface area contributed by atoms with E-state index in [0.29, 0.717) is 0 Å². The van der Waals surface area contributed by atoms with Crippen molar-refractivity contribution in [3.63, 3.8) is 0 Å². The fourth-order valence-corrected chi connectivity index (χ4v) is 1.24. The lowest BCUT2D eigenvalue weighted by atomic mass is 10.1. The second-order valence-electron chi connectivity index (χ2n) is 2.53. The fraction of sp³-hybridized carbons (Fsp3) is 0.200. The van der Waals surface area contributed by atoms with Gasteiger partial charge in [0.25, 0.3) is 0 Å². The fourth-order valence-electron chi connectivity index (χ4n) is 1.24. The van der Waals surface area contributed by atoms with Crippen molar-refractivity contribution < 1.29 is 4.74 Å². The predicted octanol–water partition coefficient (Wildman–Crippen LogP) is 0.660. The number of benzene rings is 1. The number of rotatable bonds is 2. The van der Waals surface area contributed by atoms with Gasteiger partial charge in [0, 0.05) is 5.22 Å². The van der Waals surface area contributed by atoms with E-state index in [0.717, 1.165) is 12.4 Å². The van der Waals surface area contributed by atoms with Crippen LogP contribution in [-0.2, 0) is 0 Å². The van der Waals surface area contributed by atoms with E-state index >= 15 is 0 Å². The van der Waals surface area contributed by atoms with Gasteiger partial charge in [0.1, 0.15) is 5.75 Å². The van der Waals surface area contributed by atoms with Crippen LogP contribution in [0.3, 0.4) is 0 Å². The maximum atomic E-state index is 5.42. The third-order valence-electron chi connectivity index (χ3n) is 1.83. The zero-order chi connectivity index (χ0) is 7.68. The maximum Gasteiger partial charge on any atom is 0.127 e. The molecule has 2 rings (SSSR count). The highest BCUT2D eigenvalue weighted by molar-refractivity contribution is 5.70. The lowest BCUT2D eigenvalue weighted by molar-refractivity contribution is 0.337. The van der Waals surface area contributed by atoms with Crippen molar-refractivity contribution in [2.45, 2.75) is 6.92 Å². The summed E-state index contributed by atoms with van der Waals surface area (Å²) in [5, 5.41) is 2.53. The van der Waals surface area contributed by atoms with Crippen LogP contribution in [0.15, 0.2) is 18.2 Å². The molecule has 0 aromatic heterocycles. The van der Waals surface area contributed by atoms with Gasteiger partial charge in [0.2, 0.25) is 0 Å².